The Labute approximate surface area is 125 Å². The number of aromatic nitrogens is 1. The van der Waals surface area contributed by atoms with Gasteiger partial charge in [0.15, 0.2) is 0 Å². The van der Waals surface area contributed by atoms with Crippen LogP contribution < -0.4 is 10.1 Å². The minimum Gasteiger partial charge on any atom is -0.481 e. The number of hydrogen-bond acceptors (Lipinski definition) is 4. The number of nitrogens with one attached hydrogen (secondary N) is 1. The van der Waals surface area contributed by atoms with Crippen molar-refractivity contribution in [1.29, 1.82) is 0 Å². The van der Waals surface area contributed by atoms with Crippen molar-refractivity contribution in [3.05, 3.63) is 41.0 Å². The van der Waals surface area contributed by atoms with Crippen LogP contribution in [0.1, 0.15) is 0 Å². The fourth-order valence-corrected chi connectivity index (χ4v) is 2.16. The van der Waals surface area contributed by atoms with Gasteiger partial charge in [0.05, 0.1) is 14.2 Å². The molecule has 1 amide bonds. The Morgan fingerprint density at radius 3 is 2.60 bits per heavy atom. The summed E-state index contributed by atoms with van der Waals surface area (Å²) >= 11 is 3.41. The van der Waals surface area contributed by atoms with Crippen LogP contribution in [0.2, 0.25) is 0 Å². The van der Waals surface area contributed by atoms with Gasteiger partial charge in [0, 0.05) is 28.0 Å². The van der Waals surface area contributed by atoms with Gasteiger partial charge in [0.2, 0.25) is 5.88 Å². The maximum absolute atomic E-state index is 11.2. The van der Waals surface area contributed by atoms with Gasteiger partial charge in [-0.15, -0.1) is 0 Å². The van der Waals surface area contributed by atoms with Crippen molar-refractivity contribution in [1.82, 2.24) is 4.98 Å². The van der Waals surface area contributed by atoms with E-state index in [9.17, 15) is 4.79 Å². The Kier molecular flexibility index (Phi) is 4.57. The first-order chi connectivity index (χ1) is 9.62. The summed E-state index contributed by atoms with van der Waals surface area (Å²) in [5, 5.41) is 2.63. The fraction of sp³-hybridized carbons (Fsp3) is 0.143. The van der Waals surface area contributed by atoms with Crippen LogP contribution in [0.15, 0.2) is 41.0 Å². The van der Waals surface area contributed by atoms with E-state index in [4.69, 9.17) is 4.74 Å². The number of hydrogen-bond donors (Lipinski definition) is 1. The molecule has 1 N–H and O–H groups in total. The third-order valence-electron chi connectivity index (χ3n) is 2.61. The van der Waals surface area contributed by atoms with Gasteiger partial charge in [0.25, 0.3) is 0 Å². The van der Waals surface area contributed by atoms with Crippen LogP contribution in [0.3, 0.4) is 0 Å². The van der Waals surface area contributed by atoms with Crippen molar-refractivity contribution in [3.8, 4) is 17.0 Å². The predicted octanol–water partition coefficient (Wildman–Crippen LogP) is 3.70. The van der Waals surface area contributed by atoms with E-state index in [1.807, 2.05) is 18.2 Å². The Bertz CT molecular complexity index is 614. The van der Waals surface area contributed by atoms with Crippen molar-refractivity contribution in [2.75, 3.05) is 19.5 Å². The summed E-state index contributed by atoms with van der Waals surface area (Å²) in [6.45, 7) is 0. The minimum atomic E-state index is -0.512. The number of anilines is 1. The number of rotatable bonds is 3. The molecule has 0 fully saturated rings. The van der Waals surface area contributed by atoms with E-state index >= 15 is 0 Å². The molecule has 0 bridgehead atoms. The number of amides is 1. The molecular weight excluding hydrogens is 324 g/mol. The molecule has 1 heterocycles. The van der Waals surface area contributed by atoms with Crippen LogP contribution in [-0.4, -0.2) is 25.3 Å². The van der Waals surface area contributed by atoms with Gasteiger partial charge >= 0.3 is 6.09 Å². The minimum absolute atomic E-state index is 0.512. The fourth-order valence-electron chi connectivity index (χ4n) is 1.67. The molecule has 2 rings (SSSR count). The highest BCUT2D eigenvalue weighted by molar-refractivity contribution is 9.10. The lowest BCUT2D eigenvalue weighted by atomic mass is 10.1. The molecule has 0 aliphatic rings. The smallest absolute Gasteiger partial charge is 0.411 e. The SMILES string of the molecule is COC(=O)Nc1cc(Br)cc(-c2ccc(OC)nc2)c1. The third kappa shape index (κ3) is 3.48. The van der Waals surface area contributed by atoms with E-state index in [0.29, 0.717) is 11.6 Å². The Morgan fingerprint density at radius 1 is 1.20 bits per heavy atom. The first-order valence-corrected chi connectivity index (χ1v) is 6.57. The van der Waals surface area contributed by atoms with Gasteiger partial charge in [-0.1, -0.05) is 15.9 Å². The van der Waals surface area contributed by atoms with Crippen molar-refractivity contribution >= 4 is 27.7 Å². The van der Waals surface area contributed by atoms with E-state index in [-0.39, 0.29) is 0 Å². The van der Waals surface area contributed by atoms with E-state index in [2.05, 4.69) is 31.0 Å². The van der Waals surface area contributed by atoms with Crippen LogP contribution in [0.4, 0.5) is 10.5 Å². The first-order valence-electron chi connectivity index (χ1n) is 5.78. The van der Waals surface area contributed by atoms with Crippen molar-refractivity contribution in [2.45, 2.75) is 0 Å². The average Bonchev–Trinajstić information content (AvgIpc) is 2.46. The number of nitrogens with zero attached hydrogens (tertiary/aromatic N) is 1. The molecule has 20 heavy (non-hydrogen) atoms. The van der Waals surface area contributed by atoms with Crippen molar-refractivity contribution in [3.63, 3.8) is 0 Å². The highest BCUT2D eigenvalue weighted by Crippen LogP contribution is 2.28. The molecule has 0 atom stereocenters. The maximum Gasteiger partial charge on any atom is 0.411 e. The number of benzene rings is 1. The Morgan fingerprint density at radius 2 is 2.00 bits per heavy atom. The predicted molar refractivity (Wildman–Crippen MR) is 80.0 cm³/mol. The number of halogens is 1. The topological polar surface area (TPSA) is 60.5 Å². The lowest BCUT2D eigenvalue weighted by Crippen LogP contribution is -2.10. The molecule has 0 radical (unpaired) electrons. The average molecular weight is 337 g/mol. The van der Waals surface area contributed by atoms with Gasteiger partial charge in [0.1, 0.15) is 0 Å². The van der Waals surface area contributed by atoms with Crippen LogP contribution in [0, 0.1) is 0 Å². The monoisotopic (exact) mass is 336 g/mol. The Balaban J connectivity index is 2.33. The molecule has 0 aliphatic carbocycles. The van der Waals surface area contributed by atoms with Crippen LogP contribution >= 0.6 is 15.9 Å². The zero-order chi connectivity index (χ0) is 14.5. The van der Waals surface area contributed by atoms with Gasteiger partial charge in [-0.3, -0.25) is 5.32 Å². The highest BCUT2D eigenvalue weighted by atomic mass is 79.9. The standard InChI is InChI=1S/C14H13BrN2O3/c1-19-13-4-3-9(8-16-13)10-5-11(15)7-12(6-10)17-14(18)20-2/h3-8H,1-2H3,(H,17,18). The van der Waals surface area contributed by atoms with Crippen LogP contribution in [0.5, 0.6) is 5.88 Å². The highest BCUT2D eigenvalue weighted by Gasteiger charge is 2.06. The molecule has 0 spiro atoms. The van der Waals surface area contributed by atoms with Gasteiger partial charge < -0.3 is 9.47 Å². The number of carbonyl (C=O) groups is 1. The first kappa shape index (κ1) is 14.3. The molecule has 0 unspecified atom stereocenters. The van der Waals surface area contributed by atoms with Crippen molar-refractivity contribution in [2.24, 2.45) is 0 Å². The molecule has 104 valence electrons. The summed E-state index contributed by atoms with van der Waals surface area (Å²) in [4.78, 5) is 15.4. The molecule has 0 aliphatic heterocycles. The second kappa shape index (κ2) is 6.38. The summed E-state index contributed by atoms with van der Waals surface area (Å²) in [6, 6.07) is 9.24. The van der Waals surface area contributed by atoms with Gasteiger partial charge in [-0.05, 0) is 29.8 Å². The second-order valence-electron chi connectivity index (χ2n) is 3.93. The zero-order valence-corrected chi connectivity index (χ0v) is 12.6. The summed E-state index contributed by atoms with van der Waals surface area (Å²) in [5.41, 5.74) is 2.47. The summed E-state index contributed by atoms with van der Waals surface area (Å²) < 4.78 is 10.4. The quantitative estimate of drug-likeness (QED) is 0.928. The number of ether oxygens (including phenoxy) is 2. The van der Waals surface area contributed by atoms with E-state index in [0.717, 1.165) is 15.6 Å². The Hall–Kier alpha value is -2.08. The second-order valence-corrected chi connectivity index (χ2v) is 4.85. The molecule has 1 aromatic heterocycles. The number of carbonyl (C=O) groups excluding carboxylic acids is 1. The summed E-state index contributed by atoms with van der Waals surface area (Å²) in [5.74, 6) is 0.552. The normalized spacial score (nSPS) is 9.95. The molecule has 2 aromatic rings. The lowest BCUT2D eigenvalue weighted by Gasteiger charge is -2.08. The summed E-state index contributed by atoms with van der Waals surface area (Å²) in [7, 11) is 2.89. The van der Waals surface area contributed by atoms with Gasteiger partial charge in [-0.2, -0.15) is 0 Å². The lowest BCUT2D eigenvalue weighted by molar-refractivity contribution is 0.187. The van der Waals surface area contributed by atoms with Crippen LogP contribution in [0.25, 0.3) is 11.1 Å². The third-order valence-corrected chi connectivity index (χ3v) is 3.07. The zero-order valence-electron chi connectivity index (χ0n) is 11.0. The molecular formula is C14H13BrN2O3. The van der Waals surface area contributed by atoms with E-state index in [1.54, 1.807) is 25.4 Å². The van der Waals surface area contributed by atoms with Gasteiger partial charge in [-0.25, -0.2) is 9.78 Å². The summed E-state index contributed by atoms with van der Waals surface area (Å²) in [6.07, 6.45) is 1.20. The van der Waals surface area contributed by atoms with Crippen LogP contribution in [-0.2, 0) is 4.74 Å². The molecule has 0 saturated carbocycles. The largest absolute Gasteiger partial charge is 0.481 e. The van der Waals surface area contributed by atoms with Crippen molar-refractivity contribution < 1.29 is 14.3 Å². The molecule has 0 saturated heterocycles. The number of methoxy groups -OCH3 is 2. The molecule has 1 aromatic carbocycles. The molecule has 6 heteroatoms. The van der Waals surface area contributed by atoms with E-state index < -0.39 is 6.09 Å². The maximum atomic E-state index is 11.2. The molecule has 5 nitrogen and oxygen atoms in total. The number of pyridine rings is 1. The van der Waals surface area contributed by atoms with E-state index in [1.165, 1.54) is 7.11 Å².